The third-order valence-electron chi connectivity index (χ3n) is 2.46. The first-order valence-corrected chi connectivity index (χ1v) is 8.05. The van der Waals surface area contributed by atoms with E-state index in [4.69, 9.17) is 16.1 Å². The zero-order valence-electron chi connectivity index (χ0n) is 11.6. The lowest BCUT2D eigenvalue weighted by molar-refractivity contribution is 0.379. The van der Waals surface area contributed by atoms with E-state index in [-0.39, 0.29) is 0 Å². The Morgan fingerprint density at radius 1 is 1.40 bits per heavy atom. The molecule has 2 aromatic rings. The molecule has 1 heterocycles. The fourth-order valence-electron chi connectivity index (χ4n) is 1.58. The highest BCUT2D eigenvalue weighted by Crippen LogP contribution is 2.16. The highest BCUT2D eigenvalue weighted by atomic mass is 35.5. The van der Waals surface area contributed by atoms with Crippen LogP contribution in [-0.4, -0.2) is 15.9 Å². The number of benzene rings is 1. The van der Waals surface area contributed by atoms with Gasteiger partial charge in [0.25, 0.3) is 0 Å². The molecule has 2 rings (SSSR count). The number of anilines is 1. The molecule has 0 fully saturated rings. The summed E-state index contributed by atoms with van der Waals surface area (Å²) in [4.78, 5) is 4.35. The molecule has 6 heteroatoms. The minimum Gasteiger partial charge on any atom is -0.376 e. The topological polar surface area (TPSA) is 51.0 Å². The summed E-state index contributed by atoms with van der Waals surface area (Å²) in [7, 11) is 0. The molecule has 0 amide bonds. The lowest BCUT2D eigenvalue weighted by Gasteiger charge is -2.02. The summed E-state index contributed by atoms with van der Waals surface area (Å²) >= 11 is 7.74. The summed E-state index contributed by atoms with van der Waals surface area (Å²) in [5, 5.41) is 7.87. The number of thioether (sulfide) groups is 1. The van der Waals surface area contributed by atoms with Crippen molar-refractivity contribution in [3.05, 3.63) is 41.0 Å². The molecule has 0 radical (unpaired) electrons. The molecule has 0 aliphatic carbocycles. The zero-order chi connectivity index (χ0) is 14.4. The van der Waals surface area contributed by atoms with Gasteiger partial charge in [0.15, 0.2) is 5.82 Å². The Bertz CT molecular complexity index is 545. The van der Waals surface area contributed by atoms with Crippen LogP contribution in [0.1, 0.15) is 25.6 Å². The van der Waals surface area contributed by atoms with Gasteiger partial charge in [-0.15, -0.1) is 0 Å². The summed E-state index contributed by atoms with van der Waals surface area (Å²) in [6, 6.07) is 7.54. The molecular formula is C14H18ClN3OS. The fourth-order valence-corrected chi connectivity index (χ4v) is 2.66. The molecule has 20 heavy (non-hydrogen) atoms. The van der Waals surface area contributed by atoms with Gasteiger partial charge in [-0.25, -0.2) is 0 Å². The van der Waals surface area contributed by atoms with Crippen molar-refractivity contribution < 1.29 is 4.52 Å². The van der Waals surface area contributed by atoms with Crippen LogP contribution >= 0.6 is 23.4 Å². The van der Waals surface area contributed by atoms with Crippen LogP contribution in [-0.2, 0) is 12.3 Å². The van der Waals surface area contributed by atoms with Crippen molar-refractivity contribution in [3.8, 4) is 0 Å². The molecule has 0 aliphatic rings. The number of nitrogens with zero attached hydrogens (tertiary/aromatic N) is 2. The van der Waals surface area contributed by atoms with Gasteiger partial charge in [0.2, 0.25) is 5.89 Å². The van der Waals surface area contributed by atoms with Crippen LogP contribution in [0.3, 0.4) is 0 Å². The third kappa shape index (κ3) is 5.06. The number of hydrogen-bond acceptors (Lipinski definition) is 5. The number of rotatable bonds is 7. The molecule has 0 bridgehead atoms. The van der Waals surface area contributed by atoms with E-state index in [9.17, 15) is 0 Å². The van der Waals surface area contributed by atoms with Gasteiger partial charge >= 0.3 is 0 Å². The van der Waals surface area contributed by atoms with Crippen LogP contribution in [0.5, 0.6) is 0 Å². The Morgan fingerprint density at radius 2 is 2.25 bits per heavy atom. The van der Waals surface area contributed by atoms with Crippen molar-refractivity contribution in [1.82, 2.24) is 10.1 Å². The highest BCUT2D eigenvalue weighted by Gasteiger charge is 2.06. The van der Waals surface area contributed by atoms with Crippen molar-refractivity contribution in [3.63, 3.8) is 0 Å². The second-order valence-corrected chi connectivity index (χ2v) is 6.34. The first-order chi connectivity index (χ1) is 9.63. The first kappa shape index (κ1) is 15.2. The maximum absolute atomic E-state index is 5.92. The van der Waals surface area contributed by atoms with Gasteiger partial charge in [0.05, 0.1) is 12.3 Å². The second-order valence-electron chi connectivity index (χ2n) is 4.88. The van der Waals surface area contributed by atoms with Crippen molar-refractivity contribution in [2.24, 2.45) is 5.92 Å². The molecule has 1 aromatic heterocycles. The summed E-state index contributed by atoms with van der Waals surface area (Å²) in [6.45, 7) is 4.90. The predicted octanol–water partition coefficient (Wildman–Crippen LogP) is 4.22. The summed E-state index contributed by atoms with van der Waals surface area (Å²) < 4.78 is 5.20. The second kappa shape index (κ2) is 7.55. The largest absolute Gasteiger partial charge is 0.376 e. The molecule has 4 nitrogen and oxygen atoms in total. The van der Waals surface area contributed by atoms with E-state index in [0.717, 1.165) is 23.0 Å². The van der Waals surface area contributed by atoms with Crippen molar-refractivity contribution in [1.29, 1.82) is 0 Å². The Hall–Kier alpha value is -1.20. The van der Waals surface area contributed by atoms with E-state index in [1.165, 1.54) is 0 Å². The van der Waals surface area contributed by atoms with E-state index >= 15 is 0 Å². The number of aromatic nitrogens is 2. The molecule has 108 valence electrons. The predicted molar refractivity (Wildman–Crippen MR) is 84.1 cm³/mol. The van der Waals surface area contributed by atoms with Crippen LogP contribution in [0.15, 0.2) is 28.8 Å². The van der Waals surface area contributed by atoms with Crippen LogP contribution in [0.25, 0.3) is 0 Å². The van der Waals surface area contributed by atoms with E-state index in [1.807, 2.05) is 36.0 Å². The smallest absolute Gasteiger partial charge is 0.245 e. The summed E-state index contributed by atoms with van der Waals surface area (Å²) in [6.07, 6.45) is 0. The average molecular weight is 312 g/mol. The maximum atomic E-state index is 5.92. The Balaban J connectivity index is 1.80. The van der Waals surface area contributed by atoms with Gasteiger partial charge < -0.3 is 9.84 Å². The van der Waals surface area contributed by atoms with Crippen LogP contribution < -0.4 is 5.32 Å². The van der Waals surface area contributed by atoms with Crippen molar-refractivity contribution >= 4 is 29.1 Å². The molecule has 0 saturated carbocycles. The zero-order valence-corrected chi connectivity index (χ0v) is 13.2. The van der Waals surface area contributed by atoms with Gasteiger partial charge in [0.1, 0.15) is 0 Å². The van der Waals surface area contributed by atoms with E-state index < -0.39 is 0 Å². The number of halogens is 1. The van der Waals surface area contributed by atoms with E-state index in [0.29, 0.717) is 23.4 Å². The van der Waals surface area contributed by atoms with Gasteiger partial charge in [-0.1, -0.05) is 36.7 Å². The van der Waals surface area contributed by atoms with Crippen molar-refractivity contribution in [2.75, 3.05) is 11.1 Å². The molecule has 0 saturated heterocycles. The normalized spacial score (nSPS) is 11.0. The third-order valence-corrected chi connectivity index (χ3v) is 4.06. The molecule has 1 aromatic carbocycles. The molecule has 0 atom stereocenters. The summed E-state index contributed by atoms with van der Waals surface area (Å²) in [5.41, 5.74) is 0.937. The average Bonchev–Trinajstić information content (AvgIpc) is 2.84. The fraction of sp³-hybridized carbons (Fsp3) is 0.429. The molecule has 0 unspecified atom stereocenters. The Morgan fingerprint density at radius 3 is 3.00 bits per heavy atom. The number of hydrogen-bond donors (Lipinski definition) is 1. The lowest BCUT2D eigenvalue weighted by atomic mass is 10.3. The summed E-state index contributed by atoms with van der Waals surface area (Å²) in [5.74, 6) is 3.91. The lowest BCUT2D eigenvalue weighted by Crippen LogP contribution is -1.99. The molecular weight excluding hydrogens is 294 g/mol. The van der Waals surface area contributed by atoms with Gasteiger partial charge in [-0.3, -0.25) is 0 Å². The van der Waals surface area contributed by atoms with Crippen LogP contribution in [0.4, 0.5) is 5.69 Å². The number of nitrogens with one attached hydrogen (secondary N) is 1. The minimum atomic E-state index is 0.502. The minimum absolute atomic E-state index is 0.502. The standard InChI is InChI=1S/C14H18ClN3OS/c1-10(2)8-20-9-13-17-14(19-18-13)7-16-12-5-3-4-11(15)6-12/h3-6,10,16H,7-9H2,1-2H3. The quantitative estimate of drug-likeness (QED) is 0.829. The van der Waals surface area contributed by atoms with Crippen LogP contribution in [0.2, 0.25) is 5.02 Å². The van der Waals surface area contributed by atoms with Gasteiger partial charge in [0, 0.05) is 10.7 Å². The molecule has 1 N–H and O–H groups in total. The SMILES string of the molecule is CC(C)CSCc1noc(CNc2cccc(Cl)c2)n1. The highest BCUT2D eigenvalue weighted by molar-refractivity contribution is 7.98. The van der Waals surface area contributed by atoms with E-state index in [2.05, 4.69) is 29.3 Å². The Labute approximate surface area is 128 Å². The first-order valence-electron chi connectivity index (χ1n) is 6.52. The van der Waals surface area contributed by atoms with Gasteiger partial charge in [-0.05, 0) is 29.9 Å². The monoisotopic (exact) mass is 311 g/mol. The molecule has 0 spiro atoms. The molecule has 0 aliphatic heterocycles. The van der Waals surface area contributed by atoms with E-state index in [1.54, 1.807) is 0 Å². The van der Waals surface area contributed by atoms with Crippen LogP contribution in [0, 0.1) is 5.92 Å². The van der Waals surface area contributed by atoms with Gasteiger partial charge in [-0.2, -0.15) is 16.7 Å². The Kier molecular flexibility index (Phi) is 5.73. The van der Waals surface area contributed by atoms with Crippen molar-refractivity contribution in [2.45, 2.75) is 26.1 Å². The maximum Gasteiger partial charge on any atom is 0.245 e.